The number of hydrogen-bond donors (Lipinski definition) is 4. The number of aliphatic hydroxyl groups is 1. The fraction of sp³-hybridized carbons (Fsp3) is 0.421. The molecule has 1 aliphatic rings. The van der Waals surface area contributed by atoms with E-state index in [2.05, 4.69) is 4.98 Å². The molecule has 0 radical (unpaired) electrons. The molecule has 1 fully saturated rings. The summed E-state index contributed by atoms with van der Waals surface area (Å²) in [5.74, 6) is -0.153. The molecule has 5 N–H and O–H groups in total. The third kappa shape index (κ3) is 4.15. The standard InChI is InChI=1S/C19H24N4O5/c1-19(28)11-22(8-6-15(19)23-9-7-16(25)21-18(23)27)17(26)14(20)10-12-2-4-13(24)5-3-12/h2-5,7,9,14-15,24,28H,6,8,10-11,20H2,1H3,(H,21,25,27)/t14-,15+,19+/m0/s1. The lowest BCUT2D eigenvalue weighted by Gasteiger charge is -2.44. The number of phenols is 1. The van der Waals surface area contributed by atoms with Crippen molar-refractivity contribution in [3.63, 3.8) is 0 Å². The highest BCUT2D eigenvalue weighted by Gasteiger charge is 2.41. The normalized spacial score (nSPS) is 23.4. The number of carbonyl (C=O) groups excluding carboxylic acids is 1. The Morgan fingerprint density at radius 3 is 2.61 bits per heavy atom. The maximum Gasteiger partial charge on any atom is 0.328 e. The summed E-state index contributed by atoms with van der Waals surface area (Å²) in [5, 5.41) is 20.2. The quantitative estimate of drug-likeness (QED) is 0.548. The number of phenolic OH excluding ortho intramolecular Hbond substituents is 1. The number of β-amino-alcohol motifs (C(OH)–C–C–N with tert-alkyl or cyclic N) is 1. The number of rotatable bonds is 4. The molecular weight excluding hydrogens is 364 g/mol. The minimum absolute atomic E-state index is 0.0192. The minimum Gasteiger partial charge on any atom is -0.508 e. The van der Waals surface area contributed by atoms with Gasteiger partial charge in [-0.2, -0.15) is 0 Å². The Hall–Kier alpha value is -2.91. The molecule has 0 unspecified atom stereocenters. The van der Waals surface area contributed by atoms with Crippen LogP contribution in [-0.4, -0.2) is 55.3 Å². The van der Waals surface area contributed by atoms with Gasteiger partial charge in [-0.1, -0.05) is 12.1 Å². The van der Waals surface area contributed by atoms with Gasteiger partial charge >= 0.3 is 5.69 Å². The van der Waals surface area contributed by atoms with Crippen molar-refractivity contribution in [3.8, 4) is 5.75 Å². The lowest BCUT2D eigenvalue weighted by Crippen LogP contribution is -2.58. The Bertz CT molecular complexity index is 963. The van der Waals surface area contributed by atoms with Crippen LogP contribution in [0.15, 0.2) is 46.1 Å². The number of nitrogens with one attached hydrogen (secondary N) is 1. The van der Waals surface area contributed by atoms with Crippen molar-refractivity contribution in [2.24, 2.45) is 5.73 Å². The third-order valence-corrected chi connectivity index (χ3v) is 5.11. The van der Waals surface area contributed by atoms with Crippen molar-refractivity contribution in [1.82, 2.24) is 14.5 Å². The van der Waals surface area contributed by atoms with E-state index in [-0.39, 0.29) is 18.2 Å². The summed E-state index contributed by atoms with van der Waals surface area (Å²) < 4.78 is 1.29. The lowest BCUT2D eigenvalue weighted by atomic mass is 9.88. The van der Waals surface area contributed by atoms with Crippen molar-refractivity contribution in [3.05, 3.63) is 62.9 Å². The highest BCUT2D eigenvalue weighted by Crippen LogP contribution is 2.31. The number of carbonyl (C=O) groups is 1. The second kappa shape index (κ2) is 7.61. The van der Waals surface area contributed by atoms with E-state index in [0.717, 1.165) is 5.56 Å². The Morgan fingerprint density at radius 2 is 2.00 bits per heavy atom. The molecule has 0 saturated carbocycles. The van der Waals surface area contributed by atoms with Crippen molar-refractivity contribution in [2.75, 3.05) is 13.1 Å². The van der Waals surface area contributed by atoms with Crippen LogP contribution in [-0.2, 0) is 11.2 Å². The number of benzene rings is 1. The van der Waals surface area contributed by atoms with E-state index < -0.39 is 28.9 Å². The number of aromatic nitrogens is 2. The zero-order chi connectivity index (χ0) is 20.5. The van der Waals surface area contributed by atoms with Gasteiger partial charge in [-0.3, -0.25) is 19.1 Å². The second-order valence-electron chi connectivity index (χ2n) is 7.42. The van der Waals surface area contributed by atoms with E-state index in [1.54, 1.807) is 19.1 Å². The van der Waals surface area contributed by atoms with Crippen LogP contribution in [0, 0.1) is 0 Å². The zero-order valence-electron chi connectivity index (χ0n) is 15.5. The number of piperidine rings is 1. The molecule has 9 heteroatoms. The van der Waals surface area contributed by atoms with Crippen LogP contribution in [0.1, 0.15) is 24.9 Å². The number of amides is 1. The SMILES string of the molecule is C[C@@]1(O)CN(C(=O)[C@@H](N)Cc2ccc(O)cc2)CC[C@H]1n1ccc(=O)[nH]c1=O. The van der Waals surface area contributed by atoms with E-state index in [4.69, 9.17) is 5.73 Å². The van der Waals surface area contributed by atoms with Crippen LogP contribution in [0.2, 0.25) is 0 Å². The van der Waals surface area contributed by atoms with Gasteiger partial charge in [0, 0.05) is 18.8 Å². The summed E-state index contributed by atoms with van der Waals surface area (Å²) in [6.07, 6.45) is 2.01. The number of nitrogens with two attached hydrogens (primary N) is 1. The Kier molecular flexibility index (Phi) is 5.39. The Morgan fingerprint density at radius 1 is 1.32 bits per heavy atom. The lowest BCUT2D eigenvalue weighted by molar-refractivity contribution is -0.142. The van der Waals surface area contributed by atoms with E-state index in [0.29, 0.717) is 19.4 Å². The molecule has 1 amide bonds. The summed E-state index contributed by atoms with van der Waals surface area (Å²) >= 11 is 0. The van der Waals surface area contributed by atoms with E-state index in [1.165, 1.54) is 33.9 Å². The molecule has 1 aromatic carbocycles. The van der Waals surface area contributed by atoms with Crippen LogP contribution in [0.3, 0.4) is 0 Å². The first kappa shape index (κ1) is 19.8. The van der Waals surface area contributed by atoms with E-state index >= 15 is 0 Å². The van der Waals surface area contributed by atoms with Gasteiger partial charge < -0.3 is 20.8 Å². The van der Waals surface area contributed by atoms with Gasteiger partial charge in [-0.25, -0.2) is 4.79 Å². The van der Waals surface area contributed by atoms with Gasteiger partial charge in [0.05, 0.1) is 18.6 Å². The Balaban J connectivity index is 1.70. The van der Waals surface area contributed by atoms with E-state index in [9.17, 15) is 24.6 Å². The first-order valence-corrected chi connectivity index (χ1v) is 9.03. The average molecular weight is 388 g/mol. The van der Waals surface area contributed by atoms with Gasteiger partial charge in [-0.05, 0) is 37.5 Å². The maximum absolute atomic E-state index is 12.7. The molecule has 2 aromatic rings. The molecule has 1 aromatic heterocycles. The van der Waals surface area contributed by atoms with Gasteiger partial charge in [0.15, 0.2) is 0 Å². The molecule has 1 saturated heterocycles. The molecule has 3 atom stereocenters. The largest absolute Gasteiger partial charge is 0.508 e. The molecule has 0 aliphatic carbocycles. The van der Waals surface area contributed by atoms with Crippen LogP contribution in [0.4, 0.5) is 0 Å². The highest BCUT2D eigenvalue weighted by molar-refractivity contribution is 5.82. The summed E-state index contributed by atoms with van der Waals surface area (Å²) in [6.45, 7) is 1.90. The minimum atomic E-state index is -1.37. The van der Waals surface area contributed by atoms with Crippen molar-refractivity contribution in [1.29, 1.82) is 0 Å². The van der Waals surface area contributed by atoms with Crippen LogP contribution >= 0.6 is 0 Å². The second-order valence-corrected chi connectivity index (χ2v) is 7.42. The molecule has 2 heterocycles. The summed E-state index contributed by atoms with van der Waals surface area (Å²) in [5.41, 5.74) is 4.41. The smallest absolute Gasteiger partial charge is 0.328 e. The van der Waals surface area contributed by atoms with Gasteiger partial charge in [-0.15, -0.1) is 0 Å². The molecular formula is C19H24N4O5. The van der Waals surface area contributed by atoms with Crippen LogP contribution in [0.5, 0.6) is 5.75 Å². The fourth-order valence-electron chi connectivity index (χ4n) is 3.67. The third-order valence-electron chi connectivity index (χ3n) is 5.11. The summed E-state index contributed by atoms with van der Waals surface area (Å²) in [4.78, 5) is 39.7. The molecule has 3 rings (SSSR count). The molecule has 0 bridgehead atoms. The van der Waals surface area contributed by atoms with Gasteiger partial charge in [0.25, 0.3) is 5.56 Å². The molecule has 9 nitrogen and oxygen atoms in total. The predicted octanol–water partition coefficient (Wildman–Crippen LogP) is -0.663. The van der Waals surface area contributed by atoms with Crippen molar-refractivity contribution >= 4 is 5.91 Å². The molecule has 0 spiro atoms. The molecule has 28 heavy (non-hydrogen) atoms. The summed E-state index contributed by atoms with van der Waals surface area (Å²) in [7, 11) is 0. The highest BCUT2D eigenvalue weighted by atomic mass is 16.3. The number of nitrogens with zero attached hydrogens (tertiary/aromatic N) is 2. The fourth-order valence-corrected chi connectivity index (χ4v) is 3.67. The first-order chi connectivity index (χ1) is 13.2. The monoisotopic (exact) mass is 388 g/mol. The zero-order valence-corrected chi connectivity index (χ0v) is 15.5. The topological polar surface area (TPSA) is 142 Å². The summed E-state index contributed by atoms with van der Waals surface area (Å²) in [6, 6.07) is 6.33. The van der Waals surface area contributed by atoms with E-state index in [1.807, 2.05) is 0 Å². The number of likely N-dealkylation sites (tertiary alicyclic amines) is 1. The van der Waals surface area contributed by atoms with Gasteiger partial charge in [0.1, 0.15) is 11.4 Å². The molecule has 150 valence electrons. The number of hydrogen-bond acceptors (Lipinski definition) is 6. The van der Waals surface area contributed by atoms with Crippen LogP contribution < -0.4 is 17.0 Å². The Labute approximate surface area is 161 Å². The number of aromatic amines is 1. The number of aromatic hydroxyl groups is 1. The predicted molar refractivity (Wildman–Crippen MR) is 102 cm³/mol. The van der Waals surface area contributed by atoms with Crippen LogP contribution in [0.25, 0.3) is 0 Å². The van der Waals surface area contributed by atoms with Gasteiger partial charge in [0.2, 0.25) is 5.91 Å². The molecule has 1 aliphatic heterocycles. The van der Waals surface area contributed by atoms with Crippen molar-refractivity contribution in [2.45, 2.75) is 37.5 Å². The number of H-pyrrole nitrogens is 1. The average Bonchev–Trinajstić information content (AvgIpc) is 2.63. The first-order valence-electron chi connectivity index (χ1n) is 9.03. The maximum atomic E-state index is 12.7. The van der Waals surface area contributed by atoms with Crippen molar-refractivity contribution < 1.29 is 15.0 Å².